The number of rotatable bonds is 7. The summed E-state index contributed by atoms with van der Waals surface area (Å²) in [6.07, 6.45) is 0. The summed E-state index contributed by atoms with van der Waals surface area (Å²) in [5, 5.41) is 3.80. The maximum absolute atomic E-state index is 13.4. The van der Waals surface area contributed by atoms with Gasteiger partial charge in [-0.15, -0.1) is 11.3 Å². The number of benzene rings is 3. The average molecular weight is 510 g/mol. The maximum Gasteiger partial charge on any atom is 0.264 e. The Balaban J connectivity index is 1.68. The number of carbonyl (C=O) groups is 1. The van der Waals surface area contributed by atoms with Crippen LogP contribution in [0.4, 0.5) is 5.69 Å². The van der Waals surface area contributed by atoms with E-state index in [4.69, 9.17) is 20.2 Å². The Bertz CT molecular complexity index is 1570. The van der Waals surface area contributed by atoms with E-state index in [1.54, 1.807) is 14.2 Å². The van der Waals surface area contributed by atoms with Crippen LogP contribution in [-0.4, -0.2) is 25.1 Å². The Morgan fingerprint density at radius 1 is 0.919 bits per heavy atom. The van der Waals surface area contributed by atoms with Gasteiger partial charge in [-0.3, -0.25) is 4.79 Å². The second-order valence-corrected chi connectivity index (χ2v) is 9.62. The summed E-state index contributed by atoms with van der Waals surface area (Å²) < 4.78 is 11.2. The zero-order chi connectivity index (χ0) is 25.9. The lowest BCUT2D eigenvalue weighted by molar-refractivity contribution is 0.0945. The van der Waals surface area contributed by atoms with E-state index in [1.165, 1.54) is 11.3 Å². The number of carbonyl (C=O) groups excluding carboxylic acids is 1. The number of hydrogen-bond acceptors (Lipinski definition) is 6. The van der Waals surface area contributed by atoms with Crippen molar-refractivity contribution in [3.8, 4) is 33.9 Å². The van der Waals surface area contributed by atoms with Crippen molar-refractivity contribution in [2.24, 2.45) is 0 Å². The molecular weight excluding hydrogens is 482 g/mol. The Labute approximate surface area is 219 Å². The van der Waals surface area contributed by atoms with Gasteiger partial charge in [0, 0.05) is 22.1 Å². The van der Waals surface area contributed by atoms with Crippen molar-refractivity contribution in [3.63, 3.8) is 0 Å². The molecule has 0 aliphatic carbocycles. The minimum atomic E-state index is -0.235. The van der Waals surface area contributed by atoms with Crippen molar-refractivity contribution in [1.82, 2.24) is 10.3 Å². The Morgan fingerprint density at radius 3 is 2.30 bits per heavy atom. The average Bonchev–Trinajstić information content (AvgIpc) is 3.29. The number of hydrogen-bond donors (Lipinski definition) is 2. The molecule has 2 heterocycles. The molecule has 0 saturated heterocycles. The normalized spacial score (nSPS) is 11.8. The number of nitrogens with two attached hydrogens (primary N) is 1. The van der Waals surface area contributed by atoms with Gasteiger partial charge in [-0.25, -0.2) is 4.98 Å². The topological polar surface area (TPSA) is 86.5 Å². The van der Waals surface area contributed by atoms with Crippen molar-refractivity contribution < 1.29 is 14.3 Å². The first kappa shape index (κ1) is 24.3. The van der Waals surface area contributed by atoms with Crippen LogP contribution >= 0.6 is 11.3 Å². The van der Waals surface area contributed by atoms with Gasteiger partial charge in [-0.1, -0.05) is 60.7 Å². The summed E-state index contributed by atoms with van der Waals surface area (Å²) in [6, 6.07) is 27.2. The highest BCUT2D eigenvalue weighted by atomic mass is 32.1. The van der Waals surface area contributed by atoms with Crippen LogP contribution in [0.15, 0.2) is 84.9 Å². The number of nitrogens with one attached hydrogen (secondary N) is 1. The van der Waals surface area contributed by atoms with Gasteiger partial charge in [-0.05, 0) is 36.8 Å². The quantitative estimate of drug-likeness (QED) is 0.254. The first-order valence-electron chi connectivity index (χ1n) is 11.9. The maximum atomic E-state index is 13.4. The van der Waals surface area contributed by atoms with E-state index in [2.05, 4.69) is 5.32 Å². The van der Waals surface area contributed by atoms with Crippen LogP contribution in [0.25, 0.3) is 32.6 Å². The lowest BCUT2D eigenvalue weighted by Crippen LogP contribution is -2.26. The number of aromatic nitrogens is 1. The van der Waals surface area contributed by atoms with E-state index in [1.807, 2.05) is 91.9 Å². The van der Waals surface area contributed by atoms with Gasteiger partial charge in [0.05, 0.1) is 31.6 Å². The molecule has 7 heteroatoms. The molecule has 0 aliphatic heterocycles. The number of anilines is 1. The Hall–Kier alpha value is -4.36. The van der Waals surface area contributed by atoms with Crippen LogP contribution in [-0.2, 0) is 0 Å². The lowest BCUT2D eigenvalue weighted by Gasteiger charge is -2.14. The smallest absolute Gasteiger partial charge is 0.264 e. The predicted molar refractivity (Wildman–Crippen MR) is 150 cm³/mol. The summed E-state index contributed by atoms with van der Waals surface area (Å²) in [4.78, 5) is 19.4. The predicted octanol–water partition coefficient (Wildman–Crippen LogP) is 6.72. The molecule has 3 N–H and O–H groups in total. The van der Waals surface area contributed by atoms with Crippen molar-refractivity contribution in [3.05, 3.63) is 95.4 Å². The monoisotopic (exact) mass is 509 g/mol. The van der Waals surface area contributed by atoms with Crippen molar-refractivity contribution in [2.75, 3.05) is 20.0 Å². The number of nitrogen functional groups attached to an aromatic ring is 1. The molecule has 186 valence electrons. The SMILES string of the molecule is COc1ccc(OC)c(-c2cc(-c3ccccc3)nc3sc(C(=O)NC(C)c4ccccc4)c(N)c23)c1. The minimum absolute atomic E-state index is 0.177. The van der Waals surface area contributed by atoms with E-state index in [9.17, 15) is 4.79 Å². The summed E-state index contributed by atoms with van der Waals surface area (Å²) in [5.74, 6) is 1.12. The van der Waals surface area contributed by atoms with Crippen LogP contribution in [0.1, 0.15) is 28.2 Å². The van der Waals surface area contributed by atoms with E-state index in [0.29, 0.717) is 32.3 Å². The molecule has 0 spiro atoms. The van der Waals surface area contributed by atoms with Gasteiger partial charge in [0.25, 0.3) is 5.91 Å². The molecule has 1 unspecified atom stereocenters. The highest BCUT2D eigenvalue weighted by Gasteiger charge is 2.24. The summed E-state index contributed by atoms with van der Waals surface area (Å²) in [7, 11) is 3.25. The van der Waals surface area contributed by atoms with Crippen LogP contribution in [0, 0.1) is 0 Å². The highest BCUT2D eigenvalue weighted by molar-refractivity contribution is 7.21. The molecule has 1 atom stereocenters. The summed E-state index contributed by atoms with van der Waals surface area (Å²) in [5.41, 5.74) is 11.5. The third kappa shape index (κ3) is 4.73. The van der Waals surface area contributed by atoms with E-state index in [0.717, 1.165) is 27.9 Å². The van der Waals surface area contributed by atoms with Gasteiger partial charge >= 0.3 is 0 Å². The molecule has 1 amide bonds. The fourth-order valence-corrected chi connectivity index (χ4v) is 5.39. The number of amides is 1. The lowest BCUT2D eigenvalue weighted by atomic mass is 9.98. The molecule has 37 heavy (non-hydrogen) atoms. The van der Waals surface area contributed by atoms with Gasteiger partial charge in [-0.2, -0.15) is 0 Å². The molecule has 2 aromatic heterocycles. The molecule has 0 saturated carbocycles. The van der Waals surface area contributed by atoms with Crippen LogP contribution < -0.4 is 20.5 Å². The van der Waals surface area contributed by atoms with Crippen molar-refractivity contribution >= 4 is 33.1 Å². The standard InChI is InChI=1S/C30H27N3O3S/c1-18(19-10-6-4-7-11-19)32-29(34)28-27(31)26-23(22-16-21(35-2)14-15-25(22)36-3)17-24(33-30(26)37-28)20-12-8-5-9-13-20/h4-18H,31H2,1-3H3,(H,32,34). The fraction of sp³-hybridized carbons (Fsp3) is 0.133. The van der Waals surface area contributed by atoms with Gasteiger partial charge in [0.2, 0.25) is 0 Å². The highest BCUT2D eigenvalue weighted by Crippen LogP contribution is 2.44. The van der Waals surface area contributed by atoms with Gasteiger partial charge in [0.15, 0.2) is 0 Å². The van der Waals surface area contributed by atoms with Crippen LogP contribution in [0.5, 0.6) is 11.5 Å². The summed E-state index contributed by atoms with van der Waals surface area (Å²) >= 11 is 1.29. The van der Waals surface area contributed by atoms with E-state index < -0.39 is 0 Å². The second kappa shape index (κ2) is 10.3. The number of pyridine rings is 1. The fourth-order valence-electron chi connectivity index (χ4n) is 4.37. The Kier molecular flexibility index (Phi) is 6.79. The number of fused-ring (bicyclic) bond motifs is 1. The zero-order valence-corrected chi connectivity index (χ0v) is 21.6. The molecule has 0 aliphatic rings. The first-order chi connectivity index (χ1) is 18.0. The molecule has 0 radical (unpaired) electrons. The largest absolute Gasteiger partial charge is 0.497 e. The van der Waals surface area contributed by atoms with Gasteiger partial charge in [0.1, 0.15) is 21.2 Å². The molecule has 0 fully saturated rings. The number of ether oxygens (including phenoxy) is 2. The number of thiophene rings is 1. The molecule has 5 aromatic rings. The summed E-state index contributed by atoms with van der Waals surface area (Å²) in [6.45, 7) is 1.95. The zero-order valence-electron chi connectivity index (χ0n) is 20.8. The molecule has 0 bridgehead atoms. The molecular formula is C30H27N3O3S. The molecule has 6 nitrogen and oxygen atoms in total. The minimum Gasteiger partial charge on any atom is -0.497 e. The number of nitrogens with zero attached hydrogens (tertiary/aromatic N) is 1. The van der Waals surface area contributed by atoms with Crippen LogP contribution in [0.3, 0.4) is 0 Å². The van der Waals surface area contributed by atoms with E-state index >= 15 is 0 Å². The van der Waals surface area contributed by atoms with Crippen LogP contribution in [0.2, 0.25) is 0 Å². The van der Waals surface area contributed by atoms with Crippen molar-refractivity contribution in [1.29, 1.82) is 0 Å². The molecule has 3 aromatic carbocycles. The molecule has 5 rings (SSSR count). The second-order valence-electron chi connectivity index (χ2n) is 8.62. The number of methoxy groups -OCH3 is 2. The van der Waals surface area contributed by atoms with Crippen molar-refractivity contribution in [2.45, 2.75) is 13.0 Å². The van der Waals surface area contributed by atoms with Gasteiger partial charge < -0.3 is 20.5 Å². The van der Waals surface area contributed by atoms with E-state index in [-0.39, 0.29) is 11.9 Å². The third-order valence-electron chi connectivity index (χ3n) is 6.32. The third-order valence-corrected chi connectivity index (χ3v) is 7.42. The Morgan fingerprint density at radius 2 is 1.62 bits per heavy atom. The first-order valence-corrected chi connectivity index (χ1v) is 12.7.